The Morgan fingerprint density at radius 1 is 1.03 bits per heavy atom. The molecule has 1 aromatic carbocycles. The lowest BCUT2D eigenvalue weighted by Crippen LogP contribution is -2.22. The largest absolute Gasteiger partial charge is 0.493 e. The summed E-state index contributed by atoms with van der Waals surface area (Å²) in [7, 11) is 1.45. The van der Waals surface area contributed by atoms with Crippen LogP contribution in [0.15, 0.2) is 30.3 Å². The van der Waals surface area contributed by atoms with E-state index in [4.69, 9.17) is 9.47 Å². The number of hydrogen-bond donors (Lipinski definition) is 1. The molecular weight excluding hydrogens is 432 g/mol. The van der Waals surface area contributed by atoms with Crippen molar-refractivity contribution in [2.24, 2.45) is 0 Å². The van der Waals surface area contributed by atoms with Crippen molar-refractivity contribution in [2.45, 2.75) is 64.8 Å². The maximum absolute atomic E-state index is 12.3. The predicted octanol–water partition coefficient (Wildman–Crippen LogP) is 5.64. The van der Waals surface area contributed by atoms with Crippen LogP contribution in [0.5, 0.6) is 11.5 Å². The second-order valence-electron chi connectivity index (χ2n) is 7.42. The first-order valence-electron chi connectivity index (χ1n) is 10.8. The number of esters is 1. The minimum Gasteiger partial charge on any atom is -0.493 e. The zero-order chi connectivity index (χ0) is 23.3. The number of nitro groups is 1. The number of nitrogens with zero attached hydrogens (tertiary/aromatic N) is 1. The van der Waals surface area contributed by atoms with Gasteiger partial charge in [0.15, 0.2) is 11.5 Å². The Labute approximate surface area is 192 Å². The fourth-order valence-electron chi connectivity index (χ4n) is 3.12. The van der Waals surface area contributed by atoms with E-state index in [-0.39, 0.29) is 21.5 Å². The number of amides is 1. The quantitative estimate of drug-likeness (QED) is 0.128. The molecule has 0 saturated carbocycles. The third kappa shape index (κ3) is 8.30. The molecule has 0 bridgehead atoms. The minimum absolute atomic E-state index is 0.00678. The lowest BCUT2D eigenvalue weighted by atomic mass is 10.1. The van der Waals surface area contributed by atoms with Crippen LogP contribution in [0, 0.1) is 10.1 Å². The van der Waals surface area contributed by atoms with E-state index in [0.717, 1.165) is 29.7 Å². The Morgan fingerprint density at radius 3 is 2.41 bits per heavy atom. The van der Waals surface area contributed by atoms with Gasteiger partial charge in [0.25, 0.3) is 0 Å². The van der Waals surface area contributed by atoms with E-state index in [1.807, 2.05) is 0 Å². The van der Waals surface area contributed by atoms with Gasteiger partial charge in [0.1, 0.15) is 4.88 Å². The molecule has 0 atom stereocenters. The fraction of sp³-hybridized carbons (Fsp3) is 0.478. The first-order chi connectivity index (χ1) is 15.4. The molecule has 174 valence electrons. The van der Waals surface area contributed by atoms with Gasteiger partial charge in [0, 0.05) is 19.0 Å². The van der Waals surface area contributed by atoms with Gasteiger partial charge in [-0.2, -0.15) is 0 Å². The lowest BCUT2D eigenvalue weighted by molar-refractivity contribution is -0.380. The van der Waals surface area contributed by atoms with E-state index in [0.29, 0.717) is 18.7 Å². The Bertz CT molecular complexity index is 912. The molecule has 0 saturated heterocycles. The standard InChI is InChI=1S/C23H30N2O6S/c1-3-4-5-6-7-8-9-10-21(26)24-16-17-11-12-18(19(15-17)30-2)31-23(27)20-13-14-22(32-20)25(28)29/h11-15H,3-10,16H2,1-2H3,(H,24,26). The van der Waals surface area contributed by atoms with Gasteiger partial charge >= 0.3 is 11.0 Å². The van der Waals surface area contributed by atoms with Crippen LogP contribution in [0.2, 0.25) is 0 Å². The number of nitrogens with one attached hydrogen (secondary N) is 1. The van der Waals surface area contributed by atoms with Crippen molar-refractivity contribution in [3.63, 3.8) is 0 Å². The number of methoxy groups -OCH3 is 1. The molecule has 8 nitrogen and oxygen atoms in total. The van der Waals surface area contributed by atoms with E-state index in [1.165, 1.54) is 51.3 Å². The summed E-state index contributed by atoms with van der Waals surface area (Å²) in [5.74, 6) is -0.153. The van der Waals surface area contributed by atoms with Crippen molar-refractivity contribution in [3.05, 3.63) is 50.9 Å². The van der Waals surface area contributed by atoms with Gasteiger partial charge in [-0.25, -0.2) is 4.79 Å². The molecule has 9 heteroatoms. The maximum Gasteiger partial charge on any atom is 0.354 e. The summed E-state index contributed by atoms with van der Waals surface area (Å²) in [6.07, 6.45) is 8.64. The molecule has 1 heterocycles. The normalized spacial score (nSPS) is 10.6. The van der Waals surface area contributed by atoms with Gasteiger partial charge in [-0.05, 0) is 30.2 Å². The van der Waals surface area contributed by atoms with Crippen molar-refractivity contribution < 1.29 is 24.0 Å². The van der Waals surface area contributed by atoms with Crippen LogP contribution < -0.4 is 14.8 Å². The number of benzene rings is 1. The summed E-state index contributed by atoms with van der Waals surface area (Å²) in [5.41, 5.74) is 0.807. The Hall–Kier alpha value is -2.94. The monoisotopic (exact) mass is 462 g/mol. The maximum atomic E-state index is 12.3. The van der Waals surface area contributed by atoms with Gasteiger partial charge in [0.05, 0.1) is 12.0 Å². The Morgan fingerprint density at radius 2 is 1.75 bits per heavy atom. The highest BCUT2D eigenvalue weighted by Gasteiger charge is 2.19. The molecule has 1 N–H and O–H groups in total. The zero-order valence-corrected chi connectivity index (χ0v) is 19.4. The molecule has 1 aromatic heterocycles. The van der Waals surface area contributed by atoms with E-state index < -0.39 is 10.9 Å². The summed E-state index contributed by atoms with van der Waals surface area (Å²) in [4.78, 5) is 34.7. The average molecular weight is 463 g/mol. The molecule has 32 heavy (non-hydrogen) atoms. The number of hydrogen-bond acceptors (Lipinski definition) is 7. The summed E-state index contributed by atoms with van der Waals surface area (Å²) in [6.45, 7) is 2.54. The number of carbonyl (C=O) groups excluding carboxylic acids is 2. The van der Waals surface area contributed by atoms with E-state index >= 15 is 0 Å². The van der Waals surface area contributed by atoms with Crippen LogP contribution in [0.3, 0.4) is 0 Å². The van der Waals surface area contributed by atoms with E-state index in [1.54, 1.807) is 18.2 Å². The molecule has 0 radical (unpaired) electrons. The van der Waals surface area contributed by atoms with Gasteiger partial charge in [0.2, 0.25) is 5.91 Å². The predicted molar refractivity (Wildman–Crippen MR) is 123 cm³/mol. The van der Waals surface area contributed by atoms with Crippen LogP contribution in [0.1, 0.15) is 73.5 Å². The van der Waals surface area contributed by atoms with Crippen LogP contribution in [-0.2, 0) is 11.3 Å². The Kier molecular flexibility index (Phi) is 10.7. The van der Waals surface area contributed by atoms with Gasteiger partial charge in [-0.15, -0.1) is 0 Å². The molecule has 0 unspecified atom stereocenters. The first kappa shape index (κ1) is 25.3. The van der Waals surface area contributed by atoms with Crippen LogP contribution in [0.25, 0.3) is 0 Å². The highest BCUT2D eigenvalue weighted by molar-refractivity contribution is 7.17. The van der Waals surface area contributed by atoms with Crippen LogP contribution in [-0.4, -0.2) is 23.9 Å². The van der Waals surface area contributed by atoms with Gasteiger partial charge < -0.3 is 14.8 Å². The van der Waals surface area contributed by atoms with Crippen molar-refractivity contribution >= 4 is 28.2 Å². The smallest absolute Gasteiger partial charge is 0.354 e. The van der Waals surface area contributed by atoms with Crippen molar-refractivity contribution in [3.8, 4) is 11.5 Å². The first-order valence-corrected chi connectivity index (χ1v) is 11.7. The van der Waals surface area contributed by atoms with Crippen LogP contribution in [0.4, 0.5) is 5.00 Å². The highest BCUT2D eigenvalue weighted by Crippen LogP contribution is 2.31. The SMILES string of the molecule is CCCCCCCCCC(=O)NCc1ccc(OC(=O)c2ccc([N+](=O)[O-])s2)c(OC)c1. The van der Waals surface area contributed by atoms with Gasteiger partial charge in [-0.1, -0.05) is 62.9 Å². The summed E-state index contributed by atoms with van der Waals surface area (Å²) in [5, 5.41) is 13.5. The number of rotatable bonds is 14. The third-order valence-electron chi connectivity index (χ3n) is 4.90. The van der Waals surface area contributed by atoms with Crippen molar-refractivity contribution in [1.29, 1.82) is 0 Å². The van der Waals surface area contributed by atoms with Crippen molar-refractivity contribution in [1.82, 2.24) is 5.32 Å². The van der Waals surface area contributed by atoms with Gasteiger partial charge in [-0.3, -0.25) is 14.9 Å². The molecule has 0 fully saturated rings. The minimum atomic E-state index is -0.697. The number of ether oxygens (including phenoxy) is 2. The molecule has 1 amide bonds. The second kappa shape index (κ2) is 13.5. The summed E-state index contributed by atoms with van der Waals surface area (Å²) >= 11 is 0.747. The third-order valence-corrected chi connectivity index (χ3v) is 5.92. The van der Waals surface area contributed by atoms with E-state index in [9.17, 15) is 19.7 Å². The zero-order valence-electron chi connectivity index (χ0n) is 18.6. The second-order valence-corrected chi connectivity index (χ2v) is 8.48. The molecule has 0 spiro atoms. The van der Waals surface area contributed by atoms with Crippen molar-refractivity contribution in [2.75, 3.05) is 7.11 Å². The number of carbonyl (C=O) groups is 2. The summed E-state index contributed by atoms with van der Waals surface area (Å²) < 4.78 is 10.6. The molecule has 2 rings (SSSR count). The lowest BCUT2D eigenvalue weighted by Gasteiger charge is -2.11. The Balaban J connectivity index is 1.81. The fourth-order valence-corrected chi connectivity index (χ4v) is 3.82. The molecule has 0 aliphatic carbocycles. The van der Waals surface area contributed by atoms with Crippen LogP contribution >= 0.6 is 11.3 Å². The average Bonchev–Trinajstić information content (AvgIpc) is 3.28. The molecule has 0 aliphatic rings. The molecule has 2 aromatic rings. The summed E-state index contributed by atoms with van der Waals surface area (Å²) in [6, 6.07) is 7.61. The number of unbranched alkanes of at least 4 members (excludes halogenated alkanes) is 6. The number of thiophene rings is 1. The topological polar surface area (TPSA) is 108 Å². The molecular formula is C23H30N2O6S. The van der Waals surface area contributed by atoms with E-state index in [2.05, 4.69) is 12.2 Å². The molecule has 0 aliphatic heterocycles. The highest BCUT2D eigenvalue weighted by atomic mass is 32.1.